The van der Waals surface area contributed by atoms with Gasteiger partial charge in [-0.15, -0.1) is 0 Å². The van der Waals surface area contributed by atoms with Crippen molar-refractivity contribution in [3.05, 3.63) is 202 Å². The lowest BCUT2D eigenvalue weighted by Gasteiger charge is -2.25. The predicted octanol–water partition coefficient (Wildman–Crippen LogP) is 22.8. The van der Waals surface area contributed by atoms with Crippen LogP contribution in [0.4, 0.5) is 11.4 Å². The Morgan fingerprint density at radius 1 is 0.289 bits per heavy atom. The lowest BCUT2D eigenvalue weighted by atomic mass is 9.85. The number of nitrogens with zero attached hydrogens (tertiary/aromatic N) is 6. The number of hydrogen-bond donors (Lipinski definition) is 0. The van der Waals surface area contributed by atoms with Crippen LogP contribution in [0.15, 0.2) is 152 Å². The van der Waals surface area contributed by atoms with Gasteiger partial charge < -0.3 is 18.3 Å². The maximum Gasteiger partial charge on any atom is 0.188 e. The molecule has 83 heavy (non-hydrogen) atoms. The van der Waals surface area contributed by atoms with E-state index in [1.807, 2.05) is 24.3 Å². The van der Waals surface area contributed by atoms with Crippen molar-refractivity contribution in [3.63, 3.8) is 0 Å². The molecule has 0 aliphatic rings. The topological polar surface area (TPSA) is 28.4 Å². The quantitative estimate of drug-likeness (QED) is 0.135. The van der Waals surface area contributed by atoms with E-state index in [1.165, 1.54) is 115 Å². The van der Waals surface area contributed by atoms with Gasteiger partial charge in [-0.2, -0.15) is 0 Å². The summed E-state index contributed by atoms with van der Waals surface area (Å²) in [7, 11) is 0. The molecule has 4 heterocycles. The third kappa shape index (κ3) is 11.3. The summed E-state index contributed by atoms with van der Waals surface area (Å²) >= 11 is 0. The number of para-hydroxylation sites is 3. The number of hydrogen-bond acceptors (Lipinski definition) is 0. The standard InChI is InChI=1S/C24H33N.C18H18N2.C18H21N.C17H16N2/c1-22(2,3)16-10-12-20-18(14-16)19-15-17(23(4,5)6)11-13-21(19)25(20)24(7,8)9;1-12-6-8-16-14(10-12)15-11-13(19-5)7-9-17(15)20(16)18(2,3)4;1-12-8-6-10-14-15-11-7-9-13(2)17(15)19(16(12)14)18(3,4)5;1-17(2,3)19-15-8-6-5-7-13(15)14-11-12(18-4)9-10-16(14)19/h10-15H,1-9H3;6-11H,1-4H3;6-11H,1-5H3;5-11H,1-3H3. The molecular weight excluding hydrogens is 1010 g/mol. The molecule has 4 aromatic heterocycles. The average Bonchev–Trinajstić information content (AvgIpc) is 2.46. The van der Waals surface area contributed by atoms with Crippen molar-refractivity contribution in [3.8, 4) is 0 Å². The molecule has 0 aliphatic carbocycles. The Morgan fingerprint density at radius 3 is 0.976 bits per heavy atom. The molecule has 6 nitrogen and oxygen atoms in total. The van der Waals surface area contributed by atoms with E-state index in [2.05, 4.69) is 301 Å². The Kier molecular flexibility index (Phi) is 15.3. The first-order valence-electron chi connectivity index (χ1n) is 29.6. The molecule has 0 bridgehead atoms. The second-order valence-corrected chi connectivity index (χ2v) is 29.1. The van der Waals surface area contributed by atoms with Crippen molar-refractivity contribution in [2.45, 2.75) is 178 Å². The molecule has 426 valence electrons. The molecule has 0 aliphatic heterocycles. The molecule has 0 spiro atoms. The highest BCUT2D eigenvalue weighted by Gasteiger charge is 2.27. The van der Waals surface area contributed by atoms with E-state index in [0.29, 0.717) is 11.4 Å². The highest BCUT2D eigenvalue weighted by Crippen LogP contribution is 2.42. The van der Waals surface area contributed by atoms with E-state index in [-0.39, 0.29) is 33.0 Å². The van der Waals surface area contributed by atoms with Crippen LogP contribution in [0.1, 0.15) is 152 Å². The molecule has 8 aromatic carbocycles. The summed E-state index contributed by atoms with van der Waals surface area (Å²) in [5.74, 6) is 0. The molecule has 0 unspecified atom stereocenters. The molecule has 6 heteroatoms. The molecular formula is C77H88N6. The molecule has 0 saturated heterocycles. The molecule has 0 N–H and O–H groups in total. The molecule has 12 aromatic rings. The summed E-state index contributed by atoms with van der Waals surface area (Å²) in [5, 5.41) is 10.3. The van der Waals surface area contributed by atoms with Crippen LogP contribution < -0.4 is 0 Å². The number of rotatable bonds is 0. The van der Waals surface area contributed by atoms with Crippen LogP contribution in [0.25, 0.3) is 96.9 Å². The minimum atomic E-state index is 0.00881. The third-order valence-corrected chi connectivity index (χ3v) is 16.2. The van der Waals surface area contributed by atoms with Gasteiger partial charge in [0, 0.05) is 87.6 Å². The van der Waals surface area contributed by atoms with Crippen LogP contribution in [0, 0.1) is 33.9 Å². The van der Waals surface area contributed by atoms with Gasteiger partial charge in [0.1, 0.15) is 0 Å². The first-order valence-corrected chi connectivity index (χ1v) is 29.6. The second kappa shape index (κ2) is 21.3. The van der Waals surface area contributed by atoms with E-state index in [4.69, 9.17) is 13.1 Å². The molecule has 0 fully saturated rings. The van der Waals surface area contributed by atoms with Crippen molar-refractivity contribution in [1.29, 1.82) is 0 Å². The molecule has 0 radical (unpaired) electrons. The summed E-state index contributed by atoms with van der Waals surface area (Å²) in [4.78, 5) is 7.10. The van der Waals surface area contributed by atoms with Gasteiger partial charge in [0.15, 0.2) is 11.4 Å². The maximum absolute atomic E-state index is 7.22. The van der Waals surface area contributed by atoms with Crippen LogP contribution in [0.5, 0.6) is 0 Å². The van der Waals surface area contributed by atoms with E-state index < -0.39 is 0 Å². The summed E-state index contributed by atoms with van der Waals surface area (Å²) < 4.78 is 9.72. The van der Waals surface area contributed by atoms with Gasteiger partial charge in [-0.25, -0.2) is 9.69 Å². The normalized spacial score (nSPS) is 12.6. The lowest BCUT2D eigenvalue weighted by Crippen LogP contribution is -2.22. The fraction of sp³-hybridized carbons (Fsp3) is 0.351. The highest BCUT2D eigenvalue weighted by molar-refractivity contribution is 6.12. The van der Waals surface area contributed by atoms with Crippen molar-refractivity contribution in [2.75, 3.05) is 0 Å². The van der Waals surface area contributed by atoms with Crippen molar-refractivity contribution in [2.24, 2.45) is 0 Å². The van der Waals surface area contributed by atoms with Gasteiger partial charge in [-0.3, -0.25) is 0 Å². The number of benzene rings is 8. The van der Waals surface area contributed by atoms with Crippen molar-refractivity contribution in [1.82, 2.24) is 18.3 Å². The van der Waals surface area contributed by atoms with Crippen LogP contribution in [-0.4, -0.2) is 18.3 Å². The van der Waals surface area contributed by atoms with E-state index in [9.17, 15) is 0 Å². The largest absolute Gasteiger partial charge is 0.335 e. The molecule has 0 amide bonds. The zero-order valence-electron chi connectivity index (χ0n) is 53.6. The number of fused-ring (bicyclic) bond motifs is 12. The first-order chi connectivity index (χ1) is 38.6. The van der Waals surface area contributed by atoms with Crippen LogP contribution in [0.2, 0.25) is 0 Å². The molecule has 12 rings (SSSR count). The first kappa shape index (κ1) is 59.6. The van der Waals surface area contributed by atoms with E-state index in [1.54, 1.807) is 0 Å². The zero-order valence-corrected chi connectivity index (χ0v) is 53.6. The van der Waals surface area contributed by atoms with E-state index >= 15 is 0 Å². The fourth-order valence-electron chi connectivity index (χ4n) is 12.5. The van der Waals surface area contributed by atoms with E-state index in [0.717, 1.165) is 0 Å². The Labute approximate surface area is 495 Å². The lowest BCUT2D eigenvalue weighted by molar-refractivity contribution is 0.422. The SMILES string of the molecule is CC(C)(C)c1ccc2c(c1)c1cc(C(C)(C)C)ccc1n2C(C)(C)C.Cc1cccc2c3cccc(C)c3n(C(C)(C)C)c12.[C-]#[N+]c1ccc2c(c1)c1cc(C)ccc1n2C(C)(C)C.[C-]#[N+]c1ccc2c(c1)c1ccccc1n2C(C)(C)C. The average molecular weight is 1100 g/mol. The predicted molar refractivity (Wildman–Crippen MR) is 362 cm³/mol. The summed E-state index contributed by atoms with van der Waals surface area (Å²) in [6.45, 7) is 61.7. The Balaban J connectivity index is 0.000000134. The summed E-state index contributed by atoms with van der Waals surface area (Å²) in [6, 6.07) is 54.2. The fourth-order valence-corrected chi connectivity index (χ4v) is 12.5. The minimum absolute atomic E-state index is 0.00881. The van der Waals surface area contributed by atoms with Gasteiger partial charge in [0.2, 0.25) is 0 Å². The second-order valence-electron chi connectivity index (χ2n) is 29.1. The maximum atomic E-state index is 7.22. The van der Waals surface area contributed by atoms with Gasteiger partial charge in [0.25, 0.3) is 0 Å². The summed E-state index contributed by atoms with van der Waals surface area (Å²) in [5.41, 5.74) is 18.9. The monoisotopic (exact) mass is 1100 g/mol. The number of aryl methyl sites for hydroxylation is 3. The Morgan fingerprint density at radius 2 is 0.602 bits per heavy atom. The van der Waals surface area contributed by atoms with Crippen molar-refractivity contribution >= 4 is 98.6 Å². The molecule has 0 saturated carbocycles. The van der Waals surface area contributed by atoms with Crippen LogP contribution >= 0.6 is 0 Å². The minimum Gasteiger partial charge on any atom is -0.335 e. The van der Waals surface area contributed by atoms with Crippen molar-refractivity contribution < 1.29 is 0 Å². The Hall–Kier alpha value is -8.06. The van der Waals surface area contributed by atoms with Crippen LogP contribution in [0.3, 0.4) is 0 Å². The zero-order chi connectivity index (χ0) is 60.7. The smallest absolute Gasteiger partial charge is 0.188 e. The van der Waals surface area contributed by atoms with Gasteiger partial charge in [0.05, 0.1) is 24.2 Å². The van der Waals surface area contributed by atoms with Crippen LogP contribution in [-0.2, 0) is 33.0 Å². The highest BCUT2D eigenvalue weighted by atomic mass is 15.1. The van der Waals surface area contributed by atoms with Gasteiger partial charge in [-0.05, 0) is 214 Å². The Bertz CT molecular complexity index is 4410. The summed E-state index contributed by atoms with van der Waals surface area (Å²) in [6.07, 6.45) is 0. The number of aromatic nitrogens is 4. The molecule has 0 atom stereocenters. The third-order valence-electron chi connectivity index (χ3n) is 16.2. The van der Waals surface area contributed by atoms with Gasteiger partial charge >= 0.3 is 0 Å². The van der Waals surface area contributed by atoms with Gasteiger partial charge in [-0.1, -0.05) is 132 Å².